The molecule has 0 amide bonds. The molecule has 0 saturated heterocycles. The molecule has 5 nitrogen and oxygen atoms in total. The van der Waals surface area contributed by atoms with Gasteiger partial charge in [-0.25, -0.2) is 4.98 Å². The van der Waals surface area contributed by atoms with Crippen molar-refractivity contribution in [2.24, 2.45) is 4.99 Å². The van der Waals surface area contributed by atoms with E-state index in [0.717, 1.165) is 49.1 Å². The van der Waals surface area contributed by atoms with Crippen LogP contribution in [-0.4, -0.2) is 47.0 Å². The lowest BCUT2D eigenvalue weighted by atomic mass is 10.3. The minimum absolute atomic E-state index is 0. The van der Waals surface area contributed by atoms with Crippen LogP contribution in [0.2, 0.25) is 0 Å². The highest BCUT2D eigenvalue weighted by Gasteiger charge is 2.01. The van der Waals surface area contributed by atoms with Crippen LogP contribution in [0.25, 0.3) is 5.65 Å². The number of aromatic nitrogens is 2. The number of fused-ring (bicyclic) bond motifs is 1. The largest absolute Gasteiger partial charge is 0.357 e. The van der Waals surface area contributed by atoms with E-state index in [2.05, 4.69) is 40.0 Å². The third-order valence-corrected chi connectivity index (χ3v) is 3.59. The molecule has 0 atom stereocenters. The molecule has 0 aliphatic rings. The van der Waals surface area contributed by atoms with E-state index in [4.69, 9.17) is 0 Å². The highest BCUT2D eigenvalue weighted by atomic mass is 127. The first kappa shape index (κ1) is 19.1. The maximum Gasteiger partial charge on any atom is 0.191 e. The maximum atomic E-state index is 4.59. The summed E-state index contributed by atoms with van der Waals surface area (Å²) in [5, 5.41) is 6.61. The quantitative estimate of drug-likeness (QED) is 0.305. The van der Waals surface area contributed by atoms with Crippen LogP contribution in [-0.2, 0) is 6.42 Å². The molecule has 0 unspecified atom stereocenters. The van der Waals surface area contributed by atoms with E-state index in [0.29, 0.717) is 0 Å². The molecule has 0 fully saturated rings. The van der Waals surface area contributed by atoms with Gasteiger partial charge in [-0.3, -0.25) is 4.99 Å². The summed E-state index contributed by atoms with van der Waals surface area (Å²) in [6, 6.07) is 6.04. The predicted molar refractivity (Wildman–Crippen MR) is 107 cm³/mol. The fraction of sp³-hybridized carbons (Fsp3) is 0.467. The van der Waals surface area contributed by atoms with Gasteiger partial charge in [0.05, 0.1) is 12.2 Å². The number of hydrogen-bond donors (Lipinski definition) is 2. The molecular formula is C15H24IN5S. The zero-order valence-corrected chi connectivity index (χ0v) is 16.2. The molecule has 0 aliphatic carbocycles. The van der Waals surface area contributed by atoms with Crippen molar-refractivity contribution in [3.05, 3.63) is 36.3 Å². The smallest absolute Gasteiger partial charge is 0.191 e. The van der Waals surface area contributed by atoms with Gasteiger partial charge in [0.1, 0.15) is 5.65 Å². The van der Waals surface area contributed by atoms with Gasteiger partial charge in [0.2, 0.25) is 0 Å². The number of nitrogens with zero attached hydrogens (tertiary/aromatic N) is 3. The zero-order chi connectivity index (χ0) is 14.9. The van der Waals surface area contributed by atoms with Crippen LogP contribution >= 0.6 is 35.7 Å². The van der Waals surface area contributed by atoms with Gasteiger partial charge in [-0.05, 0) is 25.3 Å². The van der Waals surface area contributed by atoms with Crippen molar-refractivity contribution >= 4 is 47.3 Å². The van der Waals surface area contributed by atoms with E-state index in [9.17, 15) is 0 Å². The van der Waals surface area contributed by atoms with Gasteiger partial charge in [-0.1, -0.05) is 6.07 Å². The third kappa shape index (κ3) is 6.04. The Kier molecular flexibility index (Phi) is 9.30. The van der Waals surface area contributed by atoms with E-state index in [1.165, 1.54) is 0 Å². The lowest BCUT2D eigenvalue weighted by Gasteiger charge is -2.10. The van der Waals surface area contributed by atoms with Gasteiger partial charge >= 0.3 is 0 Å². The molecule has 0 aliphatic heterocycles. The Morgan fingerprint density at radius 3 is 2.95 bits per heavy atom. The molecule has 7 heteroatoms. The van der Waals surface area contributed by atoms with Crippen LogP contribution in [0.3, 0.4) is 0 Å². The van der Waals surface area contributed by atoms with Gasteiger partial charge in [0.25, 0.3) is 0 Å². The zero-order valence-electron chi connectivity index (χ0n) is 13.1. The van der Waals surface area contributed by atoms with E-state index < -0.39 is 0 Å². The lowest BCUT2D eigenvalue weighted by Crippen LogP contribution is -2.38. The Hall–Kier alpha value is -0.960. The monoisotopic (exact) mass is 433 g/mol. The van der Waals surface area contributed by atoms with Crippen LogP contribution < -0.4 is 10.6 Å². The van der Waals surface area contributed by atoms with Crippen molar-refractivity contribution in [2.75, 3.05) is 31.6 Å². The van der Waals surface area contributed by atoms with E-state index in [1.807, 2.05) is 40.6 Å². The molecule has 122 valence electrons. The summed E-state index contributed by atoms with van der Waals surface area (Å²) in [7, 11) is 0. The maximum absolute atomic E-state index is 4.59. The topological polar surface area (TPSA) is 53.7 Å². The third-order valence-electron chi connectivity index (χ3n) is 3.00. The molecule has 2 heterocycles. The summed E-state index contributed by atoms with van der Waals surface area (Å²) in [4.78, 5) is 9.12. The van der Waals surface area contributed by atoms with Gasteiger partial charge < -0.3 is 15.0 Å². The lowest BCUT2D eigenvalue weighted by molar-refractivity contribution is 0.795. The second-order valence-corrected chi connectivity index (χ2v) is 5.61. The SMILES string of the molecule is CCNC(=NCCSC)NCCc1cn2ccccc2n1.I. The molecule has 22 heavy (non-hydrogen) atoms. The number of guanidine groups is 1. The number of pyridine rings is 1. The molecule has 2 aromatic heterocycles. The van der Waals surface area contributed by atoms with E-state index >= 15 is 0 Å². The number of nitrogens with one attached hydrogen (secondary N) is 2. The number of halogens is 1. The Morgan fingerprint density at radius 1 is 1.36 bits per heavy atom. The van der Waals surface area contributed by atoms with Crippen molar-refractivity contribution in [1.82, 2.24) is 20.0 Å². The van der Waals surface area contributed by atoms with E-state index in [-0.39, 0.29) is 24.0 Å². The van der Waals surface area contributed by atoms with Crippen molar-refractivity contribution in [3.63, 3.8) is 0 Å². The standard InChI is InChI=1S/C15H23N5S.HI/c1-3-16-15(18-9-11-21-2)17-8-7-13-12-20-10-5-4-6-14(20)19-13;/h4-6,10,12H,3,7-9,11H2,1-2H3,(H2,16,17,18);1H. The number of aliphatic imine (C=N–C) groups is 1. The van der Waals surface area contributed by atoms with Gasteiger partial charge in [0.15, 0.2) is 5.96 Å². The molecule has 2 N–H and O–H groups in total. The number of rotatable bonds is 7. The summed E-state index contributed by atoms with van der Waals surface area (Å²) in [6.07, 6.45) is 7.08. The first-order chi connectivity index (χ1) is 10.3. The molecular weight excluding hydrogens is 409 g/mol. The highest BCUT2D eigenvalue weighted by Crippen LogP contribution is 2.04. The second-order valence-electron chi connectivity index (χ2n) is 4.63. The molecule has 2 rings (SSSR count). The van der Waals surface area contributed by atoms with Crippen LogP contribution in [0.15, 0.2) is 35.6 Å². The Balaban J connectivity index is 0.00000242. The normalized spacial score (nSPS) is 11.3. The van der Waals surface area contributed by atoms with Crippen LogP contribution in [0, 0.1) is 0 Å². The van der Waals surface area contributed by atoms with Crippen molar-refractivity contribution in [2.45, 2.75) is 13.3 Å². The van der Waals surface area contributed by atoms with Crippen molar-refractivity contribution < 1.29 is 0 Å². The molecule has 0 aromatic carbocycles. The average molecular weight is 433 g/mol. The molecule has 0 bridgehead atoms. The number of hydrogen-bond acceptors (Lipinski definition) is 3. The molecule has 0 saturated carbocycles. The summed E-state index contributed by atoms with van der Waals surface area (Å²) in [6.45, 7) is 4.62. The Labute approximate surface area is 153 Å². The Morgan fingerprint density at radius 2 is 2.23 bits per heavy atom. The highest BCUT2D eigenvalue weighted by molar-refractivity contribution is 14.0. The summed E-state index contributed by atoms with van der Waals surface area (Å²) in [5.41, 5.74) is 2.08. The number of imidazole rings is 1. The van der Waals surface area contributed by atoms with Gasteiger partial charge in [-0.2, -0.15) is 11.8 Å². The van der Waals surface area contributed by atoms with Gasteiger partial charge in [0, 0.05) is 37.7 Å². The fourth-order valence-corrected chi connectivity index (χ4v) is 2.28. The molecule has 0 spiro atoms. The van der Waals surface area contributed by atoms with Crippen LogP contribution in [0.5, 0.6) is 0 Å². The minimum Gasteiger partial charge on any atom is -0.357 e. The van der Waals surface area contributed by atoms with Crippen LogP contribution in [0.1, 0.15) is 12.6 Å². The fourth-order valence-electron chi connectivity index (χ4n) is 2.01. The minimum atomic E-state index is 0. The average Bonchev–Trinajstić information content (AvgIpc) is 2.90. The summed E-state index contributed by atoms with van der Waals surface area (Å²) >= 11 is 1.81. The Bertz CT molecular complexity index is 551. The predicted octanol–water partition coefficient (Wildman–Crippen LogP) is 2.41. The summed E-state index contributed by atoms with van der Waals surface area (Å²) in [5.74, 6) is 1.93. The first-order valence-electron chi connectivity index (χ1n) is 7.27. The molecule has 0 radical (unpaired) electrons. The van der Waals surface area contributed by atoms with Crippen molar-refractivity contribution in [3.8, 4) is 0 Å². The number of thioether (sulfide) groups is 1. The molecule has 2 aromatic rings. The van der Waals surface area contributed by atoms with Crippen molar-refractivity contribution in [1.29, 1.82) is 0 Å². The van der Waals surface area contributed by atoms with Crippen LogP contribution in [0.4, 0.5) is 0 Å². The van der Waals surface area contributed by atoms with Gasteiger partial charge in [-0.15, -0.1) is 24.0 Å². The second kappa shape index (κ2) is 10.7. The first-order valence-corrected chi connectivity index (χ1v) is 8.66. The van der Waals surface area contributed by atoms with E-state index in [1.54, 1.807) is 0 Å². The summed E-state index contributed by atoms with van der Waals surface area (Å²) < 4.78 is 2.05.